The lowest BCUT2D eigenvalue weighted by atomic mass is 10.2. The highest BCUT2D eigenvalue weighted by Crippen LogP contribution is 2.40. The van der Waals surface area contributed by atoms with E-state index >= 15 is 0 Å². The van der Waals surface area contributed by atoms with Crippen molar-refractivity contribution < 1.29 is 28.5 Å². The molecular formula is C26H27NO6S. The predicted molar refractivity (Wildman–Crippen MR) is 130 cm³/mol. The quantitative estimate of drug-likeness (QED) is 0.414. The van der Waals surface area contributed by atoms with E-state index in [0.717, 1.165) is 4.88 Å². The Morgan fingerprint density at radius 3 is 2.56 bits per heavy atom. The van der Waals surface area contributed by atoms with Crippen molar-refractivity contribution in [3.63, 3.8) is 0 Å². The van der Waals surface area contributed by atoms with Crippen LogP contribution in [0.3, 0.4) is 0 Å². The van der Waals surface area contributed by atoms with Crippen LogP contribution in [0.4, 0.5) is 5.00 Å². The largest absolute Gasteiger partial charge is 0.493 e. The van der Waals surface area contributed by atoms with Crippen molar-refractivity contribution in [3.05, 3.63) is 70.6 Å². The summed E-state index contributed by atoms with van der Waals surface area (Å²) in [6.45, 7) is 7.00. The van der Waals surface area contributed by atoms with Crippen molar-refractivity contribution in [2.45, 2.75) is 26.9 Å². The SMILES string of the molecule is CCOC(=O)c1cc(C2COc3ccccc3O2)sc1NC(=O)c1ccc(OCC(C)C)cc1. The number of thiophene rings is 1. The van der Waals surface area contributed by atoms with Gasteiger partial charge in [-0.25, -0.2) is 4.79 Å². The number of esters is 1. The molecule has 1 aliphatic heterocycles. The Bertz CT molecular complexity index is 1150. The Morgan fingerprint density at radius 2 is 1.85 bits per heavy atom. The van der Waals surface area contributed by atoms with Crippen LogP contribution in [0.15, 0.2) is 54.6 Å². The molecule has 0 bridgehead atoms. The fourth-order valence-corrected chi connectivity index (χ4v) is 4.38. The molecule has 0 saturated heterocycles. The zero-order valence-corrected chi connectivity index (χ0v) is 20.1. The Kier molecular flexibility index (Phi) is 7.37. The maximum absolute atomic E-state index is 12.9. The molecule has 1 atom stereocenters. The predicted octanol–water partition coefficient (Wildman–Crippen LogP) is 5.72. The number of carbonyl (C=O) groups excluding carboxylic acids is 2. The number of amides is 1. The second-order valence-electron chi connectivity index (χ2n) is 8.16. The average Bonchev–Trinajstić information content (AvgIpc) is 3.26. The molecule has 3 aromatic rings. The van der Waals surface area contributed by atoms with E-state index < -0.39 is 12.1 Å². The van der Waals surface area contributed by atoms with Gasteiger partial charge < -0.3 is 24.3 Å². The molecule has 1 aromatic heterocycles. The van der Waals surface area contributed by atoms with Crippen LogP contribution in [0, 0.1) is 5.92 Å². The van der Waals surface area contributed by atoms with Gasteiger partial charge in [0.25, 0.3) is 5.91 Å². The summed E-state index contributed by atoms with van der Waals surface area (Å²) in [6, 6.07) is 16.0. The minimum Gasteiger partial charge on any atom is -0.493 e. The molecule has 0 fully saturated rings. The van der Waals surface area contributed by atoms with Crippen LogP contribution in [0.25, 0.3) is 0 Å². The van der Waals surface area contributed by atoms with Crippen molar-refractivity contribution in [3.8, 4) is 17.2 Å². The molecule has 1 unspecified atom stereocenters. The van der Waals surface area contributed by atoms with Gasteiger partial charge in [-0.2, -0.15) is 0 Å². The molecule has 0 aliphatic carbocycles. The minimum absolute atomic E-state index is 0.228. The van der Waals surface area contributed by atoms with E-state index in [1.807, 2.05) is 24.3 Å². The number of para-hydroxylation sites is 2. The molecule has 2 heterocycles. The van der Waals surface area contributed by atoms with Crippen molar-refractivity contribution >= 4 is 28.2 Å². The molecule has 1 aliphatic rings. The highest BCUT2D eigenvalue weighted by Gasteiger charge is 2.28. The van der Waals surface area contributed by atoms with Gasteiger partial charge in [-0.15, -0.1) is 11.3 Å². The normalized spacial score (nSPS) is 14.5. The molecule has 0 spiro atoms. The molecule has 34 heavy (non-hydrogen) atoms. The highest BCUT2D eigenvalue weighted by atomic mass is 32.1. The fourth-order valence-electron chi connectivity index (χ4n) is 3.32. The van der Waals surface area contributed by atoms with Crippen LogP contribution >= 0.6 is 11.3 Å². The number of ether oxygens (including phenoxy) is 4. The molecule has 1 N–H and O–H groups in total. The maximum atomic E-state index is 12.9. The number of hydrogen-bond donors (Lipinski definition) is 1. The second kappa shape index (κ2) is 10.6. The fraction of sp³-hybridized carbons (Fsp3) is 0.308. The third-order valence-corrected chi connectivity index (χ3v) is 6.14. The van der Waals surface area contributed by atoms with Crippen LogP contribution in [0.5, 0.6) is 17.2 Å². The lowest BCUT2D eigenvalue weighted by Gasteiger charge is -2.25. The third-order valence-electron chi connectivity index (χ3n) is 5.00. The summed E-state index contributed by atoms with van der Waals surface area (Å²) in [5.41, 5.74) is 0.738. The Morgan fingerprint density at radius 1 is 1.12 bits per heavy atom. The van der Waals surface area contributed by atoms with E-state index in [1.165, 1.54) is 11.3 Å². The van der Waals surface area contributed by atoms with Gasteiger partial charge in [0.2, 0.25) is 0 Å². The average molecular weight is 482 g/mol. The number of nitrogens with one attached hydrogen (secondary N) is 1. The molecule has 1 amide bonds. The van der Waals surface area contributed by atoms with Crippen molar-refractivity contribution in [1.29, 1.82) is 0 Å². The van der Waals surface area contributed by atoms with Gasteiger partial charge in [0.05, 0.1) is 23.7 Å². The summed E-state index contributed by atoms with van der Waals surface area (Å²) in [5, 5.41) is 3.26. The second-order valence-corrected chi connectivity index (χ2v) is 9.24. The molecule has 0 radical (unpaired) electrons. The molecule has 7 nitrogen and oxygen atoms in total. The first kappa shape index (κ1) is 23.6. The molecule has 4 rings (SSSR count). The summed E-state index contributed by atoms with van der Waals surface area (Å²) in [5.74, 6) is 1.58. The van der Waals surface area contributed by atoms with Crippen LogP contribution in [-0.2, 0) is 4.74 Å². The molecular weight excluding hydrogens is 454 g/mol. The van der Waals surface area contributed by atoms with Gasteiger partial charge in [-0.3, -0.25) is 4.79 Å². The van der Waals surface area contributed by atoms with E-state index in [-0.39, 0.29) is 18.1 Å². The van der Waals surface area contributed by atoms with Crippen molar-refractivity contribution in [2.24, 2.45) is 5.92 Å². The summed E-state index contributed by atoms with van der Waals surface area (Å²) >= 11 is 1.27. The first-order valence-electron chi connectivity index (χ1n) is 11.2. The van der Waals surface area contributed by atoms with Gasteiger partial charge >= 0.3 is 5.97 Å². The van der Waals surface area contributed by atoms with Crippen molar-refractivity contribution in [1.82, 2.24) is 0 Å². The Hall–Kier alpha value is -3.52. The smallest absolute Gasteiger partial charge is 0.341 e. The Balaban J connectivity index is 1.53. The van der Waals surface area contributed by atoms with Crippen molar-refractivity contribution in [2.75, 3.05) is 25.1 Å². The van der Waals surface area contributed by atoms with Gasteiger partial charge in [-0.1, -0.05) is 26.0 Å². The monoisotopic (exact) mass is 481 g/mol. The standard InChI is InChI=1S/C26H27NO6S/c1-4-30-26(29)19-13-23(22-15-32-20-7-5-6-8-21(20)33-22)34-25(19)27-24(28)17-9-11-18(12-10-17)31-14-16(2)3/h5-13,16,22H,4,14-15H2,1-3H3,(H,27,28). The number of carbonyl (C=O) groups is 2. The first-order chi connectivity index (χ1) is 16.4. The Labute approximate surface area is 202 Å². The first-order valence-corrected chi connectivity index (χ1v) is 12.0. The van der Waals surface area contributed by atoms with Gasteiger partial charge in [-0.05, 0) is 55.3 Å². The lowest BCUT2D eigenvalue weighted by Crippen LogP contribution is -2.20. The van der Waals surface area contributed by atoms with Gasteiger partial charge in [0.1, 0.15) is 17.4 Å². The van der Waals surface area contributed by atoms with Crippen LogP contribution in [0.2, 0.25) is 0 Å². The maximum Gasteiger partial charge on any atom is 0.341 e. The molecule has 8 heteroatoms. The number of rotatable bonds is 8. The zero-order chi connectivity index (χ0) is 24.1. The van der Waals surface area contributed by atoms with Gasteiger partial charge in [0.15, 0.2) is 17.6 Å². The van der Waals surface area contributed by atoms with E-state index in [0.29, 0.717) is 46.9 Å². The molecule has 2 aromatic carbocycles. The molecule has 178 valence electrons. The van der Waals surface area contributed by atoms with Gasteiger partial charge in [0, 0.05) is 5.56 Å². The van der Waals surface area contributed by atoms with Crippen LogP contribution in [0.1, 0.15) is 52.5 Å². The number of anilines is 1. The van der Waals surface area contributed by atoms with E-state index in [4.69, 9.17) is 18.9 Å². The third kappa shape index (κ3) is 5.51. The summed E-state index contributed by atoms with van der Waals surface area (Å²) < 4.78 is 22.8. The lowest BCUT2D eigenvalue weighted by molar-refractivity contribution is 0.0527. The summed E-state index contributed by atoms with van der Waals surface area (Å²) in [6.07, 6.45) is -0.406. The number of benzene rings is 2. The van der Waals surface area contributed by atoms with Crippen LogP contribution < -0.4 is 19.5 Å². The number of hydrogen-bond acceptors (Lipinski definition) is 7. The van der Waals surface area contributed by atoms with E-state index in [1.54, 1.807) is 37.3 Å². The van der Waals surface area contributed by atoms with E-state index in [2.05, 4.69) is 19.2 Å². The van der Waals surface area contributed by atoms with Crippen LogP contribution in [-0.4, -0.2) is 31.7 Å². The zero-order valence-electron chi connectivity index (χ0n) is 19.3. The van der Waals surface area contributed by atoms with E-state index in [9.17, 15) is 9.59 Å². The summed E-state index contributed by atoms with van der Waals surface area (Å²) in [4.78, 5) is 26.3. The highest BCUT2D eigenvalue weighted by molar-refractivity contribution is 7.16. The molecule has 0 saturated carbocycles. The number of fused-ring (bicyclic) bond motifs is 1. The summed E-state index contributed by atoms with van der Waals surface area (Å²) in [7, 11) is 0. The minimum atomic E-state index is -0.505. The topological polar surface area (TPSA) is 83.1 Å².